The van der Waals surface area contributed by atoms with Crippen molar-refractivity contribution in [1.82, 2.24) is 5.32 Å². The Balaban J connectivity index is 4.45. The van der Waals surface area contributed by atoms with Crippen molar-refractivity contribution in [2.75, 3.05) is 13.7 Å². The van der Waals surface area contributed by atoms with Gasteiger partial charge in [0.2, 0.25) is 0 Å². The number of hydrogen-bond donors (Lipinski definition) is 1. The van der Waals surface area contributed by atoms with Crippen molar-refractivity contribution in [3.63, 3.8) is 0 Å². The summed E-state index contributed by atoms with van der Waals surface area (Å²) in [7, 11) is 1.46. The molecule has 0 saturated carbocycles. The van der Waals surface area contributed by atoms with Crippen LogP contribution in [-0.4, -0.2) is 25.2 Å². The van der Waals surface area contributed by atoms with Crippen molar-refractivity contribution in [3.05, 3.63) is 0 Å². The summed E-state index contributed by atoms with van der Waals surface area (Å²) in [6.07, 6.45) is 5.92. The predicted molar refractivity (Wildman–Crippen MR) is 67.5 cm³/mol. The molecule has 0 bridgehead atoms. The molecular weight excluding hydrogens is 202 g/mol. The van der Waals surface area contributed by atoms with Crippen LogP contribution in [0.15, 0.2) is 0 Å². The number of carbonyl (C=O) groups excluding carboxylic acids is 1. The lowest BCUT2D eigenvalue weighted by atomic mass is 9.86. The molecule has 0 rings (SSSR count). The maximum atomic E-state index is 11.5. The number of esters is 1. The summed E-state index contributed by atoms with van der Waals surface area (Å²) < 4.78 is 4.79. The number of ether oxygens (including phenoxy) is 1. The van der Waals surface area contributed by atoms with Crippen molar-refractivity contribution in [1.29, 1.82) is 0 Å². The second kappa shape index (κ2) is 8.57. The molecule has 1 N–H and O–H groups in total. The van der Waals surface area contributed by atoms with E-state index in [2.05, 4.69) is 26.1 Å². The minimum absolute atomic E-state index is 0.0564. The summed E-state index contributed by atoms with van der Waals surface area (Å²) in [6.45, 7) is 7.43. The van der Waals surface area contributed by atoms with Crippen LogP contribution >= 0.6 is 0 Å². The van der Waals surface area contributed by atoms with E-state index >= 15 is 0 Å². The van der Waals surface area contributed by atoms with Crippen LogP contribution in [0.25, 0.3) is 0 Å². The van der Waals surface area contributed by atoms with Crippen molar-refractivity contribution >= 4 is 5.97 Å². The van der Waals surface area contributed by atoms with Crippen LogP contribution in [0.1, 0.15) is 59.3 Å². The molecule has 0 fully saturated rings. The third-order valence-electron chi connectivity index (χ3n) is 3.15. The fourth-order valence-electron chi connectivity index (χ4n) is 1.92. The summed E-state index contributed by atoms with van der Waals surface area (Å²) in [4.78, 5) is 11.5. The zero-order chi connectivity index (χ0) is 12.4. The summed E-state index contributed by atoms with van der Waals surface area (Å²) >= 11 is 0. The van der Waals surface area contributed by atoms with Gasteiger partial charge in [0.15, 0.2) is 0 Å². The number of nitrogens with one attached hydrogen (secondary N) is 1. The van der Waals surface area contributed by atoms with Crippen molar-refractivity contribution in [3.8, 4) is 0 Å². The molecule has 3 nitrogen and oxygen atoms in total. The highest BCUT2D eigenvalue weighted by atomic mass is 16.5. The first-order chi connectivity index (χ1) is 7.64. The van der Waals surface area contributed by atoms with Crippen LogP contribution in [0, 0.1) is 0 Å². The van der Waals surface area contributed by atoms with Gasteiger partial charge in [-0.15, -0.1) is 0 Å². The maximum absolute atomic E-state index is 11.5. The van der Waals surface area contributed by atoms with Gasteiger partial charge < -0.3 is 10.1 Å². The summed E-state index contributed by atoms with van der Waals surface area (Å²) in [6, 6.07) is 0. The van der Waals surface area contributed by atoms with E-state index < -0.39 is 0 Å². The highest BCUT2D eigenvalue weighted by molar-refractivity contribution is 5.70. The van der Waals surface area contributed by atoms with E-state index in [1.807, 2.05) is 0 Å². The lowest BCUT2D eigenvalue weighted by Gasteiger charge is -2.33. The topological polar surface area (TPSA) is 38.3 Å². The van der Waals surface area contributed by atoms with Crippen molar-refractivity contribution in [2.24, 2.45) is 0 Å². The van der Waals surface area contributed by atoms with Gasteiger partial charge in [-0.2, -0.15) is 0 Å². The first kappa shape index (κ1) is 15.4. The predicted octanol–water partition coefficient (Wildman–Crippen LogP) is 2.89. The summed E-state index contributed by atoms with van der Waals surface area (Å²) in [5.74, 6) is -0.110. The molecule has 0 spiro atoms. The third kappa shape index (κ3) is 5.50. The van der Waals surface area contributed by atoms with E-state index in [4.69, 9.17) is 4.74 Å². The first-order valence-electron chi connectivity index (χ1n) is 6.46. The van der Waals surface area contributed by atoms with Crippen LogP contribution in [0.5, 0.6) is 0 Å². The molecule has 0 aromatic carbocycles. The van der Waals surface area contributed by atoms with Crippen molar-refractivity contribution < 1.29 is 9.53 Å². The van der Waals surface area contributed by atoms with Gasteiger partial charge in [-0.3, -0.25) is 4.79 Å². The largest absolute Gasteiger partial charge is 0.469 e. The Bertz CT molecular complexity index is 184. The molecule has 0 saturated heterocycles. The molecular formula is C13H27NO2. The molecule has 0 radical (unpaired) electrons. The molecule has 1 atom stereocenters. The number of hydrogen-bond acceptors (Lipinski definition) is 3. The Morgan fingerprint density at radius 3 is 2.38 bits per heavy atom. The Morgan fingerprint density at radius 1 is 1.25 bits per heavy atom. The Kier molecular flexibility index (Phi) is 8.26. The molecule has 0 heterocycles. The van der Waals surface area contributed by atoms with Crippen molar-refractivity contribution in [2.45, 2.75) is 64.8 Å². The minimum atomic E-state index is -0.110. The Labute approximate surface area is 99.9 Å². The molecule has 0 aromatic heterocycles. The zero-order valence-corrected chi connectivity index (χ0v) is 11.3. The average Bonchev–Trinajstić information content (AvgIpc) is 2.32. The first-order valence-corrected chi connectivity index (χ1v) is 6.46. The molecule has 1 unspecified atom stereocenters. The van der Waals surface area contributed by atoms with Gasteiger partial charge in [-0.05, 0) is 25.8 Å². The fraction of sp³-hybridized carbons (Fsp3) is 0.923. The number of carbonyl (C=O) groups is 1. The van der Waals surface area contributed by atoms with Crippen LogP contribution in [-0.2, 0) is 9.53 Å². The molecule has 0 aromatic rings. The van der Waals surface area contributed by atoms with E-state index in [0.29, 0.717) is 6.42 Å². The number of unbranched alkanes of at least 4 members (excludes halogenated alkanes) is 1. The van der Waals surface area contributed by atoms with Gasteiger partial charge in [0.25, 0.3) is 0 Å². The summed E-state index contributed by atoms with van der Waals surface area (Å²) in [5.41, 5.74) is -0.0564. The van der Waals surface area contributed by atoms with Gasteiger partial charge >= 0.3 is 5.97 Å². The molecule has 0 aliphatic carbocycles. The molecule has 0 aliphatic rings. The van der Waals surface area contributed by atoms with Gasteiger partial charge in [-0.1, -0.05) is 33.6 Å². The highest BCUT2D eigenvalue weighted by Crippen LogP contribution is 2.23. The maximum Gasteiger partial charge on any atom is 0.307 e. The second-order valence-electron chi connectivity index (χ2n) is 4.42. The quantitative estimate of drug-likeness (QED) is 0.618. The van der Waals surface area contributed by atoms with Crippen LogP contribution < -0.4 is 5.32 Å². The van der Waals surface area contributed by atoms with Gasteiger partial charge in [0.1, 0.15) is 0 Å². The Hall–Kier alpha value is -0.570. The fourth-order valence-corrected chi connectivity index (χ4v) is 1.92. The van der Waals surface area contributed by atoms with Gasteiger partial charge in [0, 0.05) is 5.54 Å². The monoisotopic (exact) mass is 229 g/mol. The smallest absolute Gasteiger partial charge is 0.307 e. The average molecular weight is 229 g/mol. The standard InChI is InChI=1S/C13H27NO2/c1-5-8-9-13(7-3,14-10-6-2)11-12(15)16-4/h14H,5-11H2,1-4H3. The Morgan fingerprint density at radius 2 is 1.94 bits per heavy atom. The lowest BCUT2D eigenvalue weighted by Crippen LogP contribution is -2.47. The molecule has 3 heteroatoms. The molecule has 0 amide bonds. The minimum Gasteiger partial charge on any atom is -0.469 e. The van der Waals surface area contributed by atoms with Crippen LogP contribution in [0.2, 0.25) is 0 Å². The van der Waals surface area contributed by atoms with Gasteiger partial charge in [-0.25, -0.2) is 0 Å². The number of rotatable bonds is 9. The normalized spacial score (nSPS) is 14.5. The second-order valence-corrected chi connectivity index (χ2v) is 4.42. The zero-order valence-electron chi connectivity index (χ0n) is 11.3. The van der Waals surface area contributed by atoms with E-state index in [1.165, 1.54) is 7.11 Å². The third-order valence-corrected chi connectivity index (χ3v) is 3.15. The van der Waals surface area contributed by atoms with E-state index in [-0.39, 0.29) is 11.5 Å². The van der Waals surface area contributed by atoms with Crippen LogP contribution in [0.4, 0.5) is 0 Å². The molecule has 0 aliphatic heterocycles. The lowest BCUT2D eigenvalue weighted by molar-refractivity contribution is -0.142. The van der Waals surface area contributed by atoms with E-state index in [9.17, 15) is 4.79 Å². The summed E-state index contributed by atoms with van der Waals surface area (Å²) in [5, 5.41) is 3.53. The van der Waals surface area contributed by atoms with Crippen LogP contribution in [0.3, 0.4) is 0 Å². The highest BCUT2D eigenvalue weighted by Gasteiger charge is 2.29. The SMILES string of the molecule is CCCCC(CC)(CC(=O)OC)NCCC. The number of methoxy groups -OCH3 is 1. The van der Waals surface area contributed by atoms with Gasteiger partial charge in [0.05, 0.1) is 13.5 Å². The molecule has 96 valence electrons. The molecule has 16 heavy (non-hydrogen) atoms. The van der Waals surface area contributed by atoms with E-state index in [0.717, 1.165) is 38.6 Å². The van der Waals surface area contributed by atoms with E-state index in [1.54, 1.807) is 0 Å².